The van der Waals surface area contributed by atoms with Gasteiger partial charge in [0.1, 0.15) is 0 Å². The van der Waals surface area contributed by atoms with Gasteiger partial charge in [-0.25, -0.2) is 0 Å². The monoisotopic (exact) mass is 579 g/mol. The van der Waals surface area contributed by atoms with E-state index in [9.17, 15) is 9.18 Å². The van der Waals surface area contributed by atoms with E-state index in [0.29, 0.717) is 48.1 Å². The number of H-pyrrole nitrogens is 1. The molecule has 1 atom stereocenters. The first-order chi connectivity index (χ1) is 16.7. The van der Waals surface area contributed by atoms with Crippen molar-refractivity contribution in [3.05, 3.63) is 53.7 Å². The van der Waals surface area contributed by atoms with Crippen LogP contribution in [0.4, 0.5) is 15.8 Å². The van der Waals surface area contributed by atoms with E-state index >= 15 is 0 Å². The number of nitrogens with zero attached hydrogens (tertiary/aromatic N) is 1. The SMILES string of the molecule is COc1c(F)cccc1Nc1c2[nH]c3c1C(=O)NCC3[I-]OCCCCCOc1cnccc1-2. The van der Waals surface area contributed by atoms with Gasteiger partial charge < -0.3 is 0 Å². The molecular formula is C24H25FIN4O4-. The molecule has 180 valence electrons. The van der Waals surface area contributed by atoms with Crippen LogP contribution in [0.1, 0.15) is 39.2 Å². The molecule has 1 aromatic carbocycles. The van der Waals surface area contributed by atoms with E-state index in [1.165, 1.54) is 13.2 Å². The van der Waals surface area contributed by atoms with Gasteiger partial charge in [0.2, 0.25) is 0 Å². The summed E-state index contributed by atoms with van der Waals surface area (Å²) in [5.41, 5.74) is 3.72. The van der Waals surface area contributed by atoms with Crippen molar-refractivity contribution in [2.24, 2.45) is 0 Å². The number of aromatic amines is 1. The van der Waals surface area contributed by atoms with Gasteiger partial charge in [0.05, 0.1) is 0 Å². The van der Waals surface area contributed by atoms with Crippen LogP contribution in [0.3, 0.4) is 0 Å². The van der Waals surface area contributed by atoms with Crippen LogP contribution in [0.15, 0.2) is 36.7 Å². The molecule has 2 bridgehead atoms. The summed E-state index contributed by atoms with van der Waals surface area (Å²) in [7, 11) is 1.41. The van der Waals surface area contributed by atoms with Crippen LogP contribution in [0.25, 0.3) is 11.3 Å². The molecule has 3 N–H and O–H groups in total. The second-order valence-electron chi connectivity index (χ2n) is 7.97. The number of hydrogen-bond acceptors (Lipinski definition) is 6. The first kappa shape index (κ1) is 22.9. The Morgan fingerprint density at radius 3 is 3.00 bits per heavy atom. The number of benzene rings is 1. The summed E-state index contributed by atoms with van der Waals surface area (Å²) < 4.78 is 31.9. The molecule has 34 heavy (non-hydrogen) atoms. The van der Waals surface area contributed by atoms with Crippen LogP contribution in [0, 0.1) is 5.82 Å². The second-order valence-corrected chi connectivity index (χ2v) is 10.6. The number of carbonyl (C=O) groups excluding carboxylic acids is 1. The van der Waals surface area contributed by atoms with Crippen molar-refractivity contribution in [3.63, 3.8) is 0 Å². The van der Waals surface area contributed by atoms with Crippen molar-refractivity contribution in [1.29, 1.82) is 0 Å². The zero-order valence-corrected chi connectivity index (χ0v) is 20.8. The average molecular weight is 579 g/mol. The summed E-state index contributed by atoms with van der Waals surface area (Å²) in [6.07, 6.45) is 6.26. The number of halogens is 2. The number of amides is 1. The minimum absolute atomic E-state index is 0.0596. The molecule has 2 aliphatic heterocycles. The van der Waals surface area contributed by atoms with Crippen LogP contribution < -0.4 is 41.7 Å². The Balaban J connectivity index is 1.69. The molecule has 8 nitrogen and oxygen atoms in total. The zero-order valence-electron chi connectivity index (χ0n) is 18.6. The molecule has 1 amide bonds. The van der Waals surface area contributed by atoms with Crippen molar-refractivity contribution in [2.45, 2.75) is 23.2 Å². The van der Waals surface area contributed by atoms with E-state index in [0.717, 1.165) is 30.5 Å². The van der Waals surface area contributed by atoms with Crippen LogP contribution in [0.5, 0.6) is 11.5 Å². The van der Waals surface area contributed by atoms with Gasteiger partial charge in [-0.3, -0.25) is 0 Å². The van der Waals surface area contributed by atoms with Gasteiger partial charge in [-0.2, -0.15) is 0 Å². The van der Waals surface area contributed by atoms with Crippen molar-refractivity contribution in [1.82, 2.24) is 15.3 Å². The van der Waals surface area contributed by atoms with Crippen molar-refractivity contribution in [2.75, 3.05) is 32.2 Å². The molecule has 0 spiro atoms. The number of aromatic nitrogens is 2. The number of anilines is 2. The van der Waals surface area contributed by atoms with Crippen LogP contribution >= 0.6 is 0 Å². The summed E-state index contributed by atoms with van der Waals surface area (Å²) in [6, 6.07) is 6.49. The van der Waals surface area contributed by atoms with Gasteiger partial charge in [0.15, 0.2) is 0 Å². The number of rotatable bonds is 3. The maximum absolute atomic E-state index is 14.4. The first-order valence-corrected chi connectivity index (χ1v) is 13.3. The topological polar surface area (TPSA) is 97.5 Å². The summed E-state index contributed by atoms with van der Waals surface area (Å²) in [5, 5.41) is 6.28. The average Bonchev–Trinajstić information content (AvgIpc) is 3.22. The van der Waals surface area contributed by atoms with Gasteiger partial charge in [-0.1, -0.05) is 0 Å². The van der Waals surface area contributed by atoms with Gasteiger partial charge in [-0.15, -0.1) is 0 Å². The number of nitrogens with one attached hydrogen (secondary N) is 3. The number of methoxy groups -OCH3 is 1. The van der Waals surface area contributed by atoms with Gasteiger partial charge in [-0.05, 0) is 0 Å². The molecule has 0 aliphatic carbocycles. The predicted octanol–water partition coefficient (Wildman–Crippen LogP) is 1.34. The third-order valence-electron chi connectivity index (χ3n) is 5.79. The third-order valence-corrected chi connectivity index (χ3v) is 8.27. The predicted molar refractivity (Wildman–Crippen MR) is 121 cm³/mol. The van der Waals surface area contributed by atoms with E-state index in [1.54, 1.807) is 24.5 Å². The number of hydrogen-bond donors (Lipinski definition) is 3. The number of fused-ring (bicyclic) bond motifs is 3. The number of ether oxygens (including phenoxy) is 2. The van der Waals surface area contributed by atoms with E-state index in [2.05, 4.69) is 20.6 Å². The molecule has 1 unspecified atom stereocenters. The fourth-order valence-electron chi connectivity index (χ4n) is 4.16. The zero-order chi connectivity index (χ0) is 23.5. The molecule has 0 radical (unpaired) electrons. The van der Waals surface area contributed by atoms with E-state index in [-0.39, 0.29) is 15.6 Å². The van der Waals surface area contributed by atoms with Gasteiger partial charge in [0, 0.05) is 0 Å². The molecule has 2 aromatic heterocycles. The van der Waals surface area contributed by atoms with Gasteiger partial charge in [0.25, 0.3) is 0 Å². The molecule has 5 rings (SSSR count). The Labute approximate surface area is 207 Å². The van der Waals surface area contributed by atoms with E-state index in [1.807, 2.05) is 6.07 Å². The Hall–Kier alpha value is -2.86. The van der Waals surface area contributed by atoms with Crippen molar-refractivity contribution in [3.8, 4) is 22.8 Å². The third kappa shape index (κ3) is 4.43. The first-order valence-electron chi connectivity index (χ1n) is 11.1. The summed E-state index contributed by atoms with van der Waals surface area (Å²) >= 11 is -0.659. The van der Waals surface area contributed by atoms with E-state index < -0.39 is 27.4 Å². The molecule has 0 saturated heterocycles. The Bertz CT molecular complexity index is 1200. The summed E-state index contributed by atoms with van der Waals surface area (Å²) in [4.78, 5) is 20.8. The summed E-state index contributed by atoms with van der Waals surface area (Å²) in [6.45, 7) is 1.77. The standard InChI is InChI=1S/C24H25FIN4O4/c1-32-23-15(25)6-5-7-17(23)29-22-19-21-16(12-28-24(19)31)26-34-11-4-2-3-10-33-18-13-27-9-8-14(18)20(22)30-21/h5-9,13,16,29-30H,2-4,10-12H2,1H3,(H,28,31)/q-1. The molecule has 4 heterocycles. The molecule has 3 aromatic rings. The molecule has 2 aliphatic rings. The minimum atomic E-state index is -0.659. The Morgan fingerprint density at radius 2 is 2.12 bits per heavy atom. The Kier molecular flexibility index (Phi) is 6.86. The van der Waals surface area contributed by atoms with Crippen LogP contribution in [-0.2, 0) is 3.07 Å². The van der Waals surface area contributed by atoms with E-state index in [4.69, 9.17) is 12.5 Å². The quantitative estimate of drug-likeness (QED) is 0.320. The maximum atomic E-state index is 14.4. The number of alkyl halides is 1. The number of pyridine rings is 1. The molecule has 0 fully saturated rings. The second kappa shape index (κ2) is 10.2. The van der Waals surface area contributed by atoms with Crippen molar-refractivity contribution >= 4 is 17.3 Å². The Morgan fingerprint density at radius 1 is 1.24 bits per heavy atom. The molecule has 0 saturated carbocycles. The fraction of sp³-hybridized carbons (Fsp3) is 0.333. The summed E-state index contributed by atoms with van der Waals surface area (Å²) in [5.74, 6) is 0.00202. The molecule has 10 heteroatoms. The normalized spacial score (nSPS) is 18.4. The number of carbonyl (C=O) groups is 1. The van der Waals surface area contributed by atoms with Crippen LogP contribution in [-0.4, -0.2) is 42.7 Å². The molecular weight excluding hydrogens is 554 g/mol. The van der Waals surface area contributed by atoms with Crippen LogP contribution in [0.2, 0.25) is 0 Å². The number of para-hydroxylation sites is 1. The van der Waals surface area contributed by atoms with Gasteiger partial charge >= 0.3 is 208 Å². The van der Waals surface area contributed by atoms with Crippen molar-refractivity contribution < 1.29 is 43.3 Å². The fourth-order valence-corrected chi connectivity index (χ4v) is 6.28.